The molecule has 0 aliphatic carbocycles. The maximum atomic E-state index is 11.3. The summed E-state index contributed by atoms with van der Waals surface area (Å²) in [4.78, 5) is 0. The fraction of sp³-hybridized carbons (Fsp3) is 1.00. The Hall–Kier alpha value is -0.140. The molecule has 0 rings (SSSR count). The van der Waals surface area contributed by atoms with Gasteiger partial charge in [0, 0.05) is 4.57 Å². The second-order valence-corrected chi connectivity index (χ2v) is 4.24. The predicted octanol–water partition coefficient (Wildman–Crippen LogP) is -0.276. The second kappa shape index (κ2) is 10.0. The standard InChI is InChI=1S/C8H22N4O3P/c9-5-1-3-7(11)14-16(13)15-8(12)4-2-6-10/h7-8H,1-6,9-12H2/q+1. The van der Waals surface area contributed by atoms with Gasteiger partial charge < -0.3 is 22.9 Å². The molecule has 0 radical (unpaired) electrons. The number of nitrogens with two attached hydrogens (primary N) is 4. The molecule has 2 unspecified atom stereocenters. The van der Waals surface area contributed by atoms with Crippen LogP contribution < -0.4 is 22.9 Å². The van der Waals surface area contributed by atoms with Crippen LogP contribution in [0.5, 0.6) is 0 Å². The first-order chi connectivity index (χ1) is 7.60. The molecule has 96 valence electrons. The van der Waals surface area contributed by atoms with Crippen LogP contribution in [0, 0.1) is 0 Å². The quantitative estimate of drug-likeness (QED) is 0.310. The molecule has 0 aromatic carbocycles. The molecule has 2 atom stereocenters. The summed E-state index contributed by atoms with van der Waals surface area (Å²) in [6, 6.07) is 0. The smallest absolute Gasteiger partial charge is 0.330 e. The summed E-state index contributed by atoms with van der Waals surface area (Å²) < 4.78 is 21.1. The Morgan fingerprint density at radius 3 is 1.62 bits per heavy atom. The van der Waals surface area contributed by atoms with Crippen molar-refractivity contribution in [1.82, 2.24) is 0 Å². The van der Waals surface area contributed by atoms with Crippen molar-refractivity contribution in [2.45, 2.75) is 38.1 Å². The lowest BCUT2D eigenvalue weighted by molar-refractivity contribution is 0.124. The number of hydrogen-bond donors (Lipinski definition) is 4. The largest absolute Gasteiger partial charge is 0.700 e. The highest BCUT2D eigenvalue weighted by molar-refractivity contribution is 7.33. The average Bonchev–Trinajstić information content (AvgIpc) is 2.23. The van der Waals surface area contributed by atoms with Crippen molar-refractivity contribution in [3.63, 3.8) is 0 Å². The summed E-state index contributed by atoms with van der Waals surface area (Å²) in [6.45, 7) is 1.04. The van der Waals surface area contributed by atoms with Gasteiger partial charge in [-0.05, 0) is 38.8 Å². The molecule has 0 aliphatic rings. The average molecular weight is 253 g/mol. The monoisotopic (exact) mass is 253 g/mol. The second-order valence-electron chi connectivity index (χ2n) is 3.37. The zero-order valence-electron chi connectivity index (χ0n) is 9.38. The zero-order chi connectivity index (χ0) is 12.4. The fourth-order valence-corrected chi connectivity index (χ4v) is 1.69. The lowest BCUT2D eigenvalue weighted by atomic mass is 10.3. The van der Waals surface area contributed by atoms with E-state index in [-0.39, 0.29) is 0 Å². The Labute approximate surface area is 96.8 Å². The summed E-state index contributed by atoms with van der Waals surface area (Å²) in [6.07, 6.45) is 1.24. The van der Waals surface area contributed by atoms with Gasteiger partial charge in [-0.2, -0.15) is 0 Å². The molecule has 0 saturated carbocycles. The van der Waals surface area contributed by atoms with Gasteiger partial charge in [0.2, 0.25) is 0 Å². The van der Waals surface area contributed by atoms with Crippen molar-refractivity contribution in [3.8, 4) is 0 Å². The van der Waals surface area contributed by atoms with Gasteiger partial charge in [0.15, 0.2) is 12.5 Å². The van der Waals surface area contributed by atoms with Crippen molar-refractivity contribution >= 4 is 8.25 Å². The molecule has 0 saturated heterocycles. The summed E-state index contributed by atoms with van der Waals surface area (Å²) in [5.74, 6) is 0. The number of hydrogen-bond acceptors (Lipinski definition) is 7. The van der Waals surface area contributed by atoms with Crippen molar-refractivity contribution in [1.29, 1.82) is 0 Å². The first-order valence-electron chi connectivity index (χ1n) is 5.32. The van der Waals surface area contributed by atoms with E-state index in [0.717, 1.165) is 0 Å². The van der Waals surface area contributed by atoms with E-state index in [1.807, 2.05) is 0 Å². The Balaban J connectivity index is 3.63. The maximum Gasteiger partial charge on any atom is 0.700 e. The molecule has 8 heteroatoms. The van der Waals surface area contributed by atoms with Gasteiger partial charge in [-0.3, -0.25) is 0 Å². The highest BCUT2D eigenvalue weighted by Crippen LogP contribution is 2.27. The summed E-state index contributed by atoms with van der Waals surface area (Å²) in [7, 11) is -2.27. The topological polar surface area (TPSA) is 140 Å². The Morgan fingerprint density at radius 2 is 1.31 bits per heavy atom. The number of rotatable bonds is 10. The molecule has 0 heterocycles. The van der Waals surface area contributed by atoms with E-state index in [1.54, 1.807) is 0 Å². The molecule has 0 aliphatic heterocycles. The van der Waals surface area contributed by atoms with Crippen molar-refractivity contribution in [3.05, 3.63) is 0 Å². The van der Waals surface area contributed by atoms with Crippen LogP contribution in [0.25, 0.3) is 0 Å². The Bertz CT molecular complexity index is 178. The Morgan fingerprint density at radius 1 is 0.938 bits per heavy atom. The summed E-state index contributed by atoms with van der Waals surface area (Å²) in [5.41, 5.74) is 21.7. The molecule has 7 nitrogen and oxygen atoms in total. The first-order valence-corrected chi connectivity index (χ1v) is 6.41. The normalized spacial score (nSPS) is 15.9. The third-order valence-corrected chi connectivity index (χ3v) is 2.71. The fourth-order valence-electron chi connectivity index (χ4n) is 0.989. The van der Waals surface area contributed by atoms with Crippen molar-refractivity contribution < 1.29 is 13.6 Å². The molecular formula is C8H22N4O3P+. The molecule has 0 spiro atoms. The minimum Gasteiger partial charge on any atom is -0.330 e. The van der Waals surface area contributed by atoms with Gasteiger partial charge in [-0.1, -0.05) is 0 Å². The SMILES string of the molecule is NCCCC(N)O[P+](=O)OC(N)CCCN. The van der Waals surface area contributed by atoms with E-state index in [9.17, 15) is 4.57 Å². The van der Waals surface area contributed by atoms with Gasteiger partial charge in [0.25, 0.3) is 0 Å². The Kier molecular flexibility index (Phi) is 9.95. The first kappa shape index (κ1) is 15.9. The van der Waals surface area contributed by atoms with Crippen LogP contribution >= 0.6 is 8.25 Å². The molecule has 0 aromatic rings. The van der Waals surface area contributed by atoms with Gasteiger partial charge >= 0.3 is 8.25 Å². The predicted molar refractivity (Wildman–Crippen MR) is 62.3 cm³/mol. The van der Waals surface area contributed by atoms with Crippen LogP contribution in [0.4, 0.5) is 0 Å². The van der Waals surface area contributed by atoms with Crippen LogP contribution in [0.1, 0.15) is 25.7 Å². The lowest BCUT2D eigenvalue weighted by Crippen LogP contribution is -2.25. The minimum atomic E-state index is -2.27. The van der Waals surface area contributed by atoms with E-state index < -0.39 is 20.7 Å². The highest BCUT2D eigenvalue weighted by Gasteiger charge is 2.28. The van der Waals surface area contributed by atoms with Gasteiger partial charge in [0.05, 0.1) is 0 Å². The molecule has 0 aromatic heterocycles. The maximum absolute atomic E-state index is 11.3. The molecule has 0 fully saturated rings. The van der Waals surface area contributed by atoms with Gasteiger partial charge in [-0.15, -0.1) is 9.05 Å². The van der Waals surface area contributed by atoms with Crippen LogP contribution in [-0.2, 0) is 13.6 Å². The summed E-state index contributed by atoms with van der Waals surface area (Å²) >= 11 is 0. The summed E-state index contributed by atoms with van der Waals surface area (Å²) in [5, 5.41) is 0. The highest BCUT2D eigenvalue weighted by atomic mass is 31.1. The molecule has 0 amide bonds. The van der Waals surface area contributed by atoms with E-state index >= 15 is 0 Å². The molecule has 0 bridgehead atoms. The minimum absolute atomic E-state index is 0.519. The van der Waals surface area contributed by atoms with Crippen LogP contribution in [-0.4, -0.2) is 25.5 Å². The third kappa shape index (κ3) is 9.11. The third-order valence-electron chi connectivity index (χ3n) is 1.83. The van der Waals surface area contributed by atoms with Crippen LogP contribution in [0.2, 0.25) is 0 Å². The molecular weight excluding hydrogens is 231 g/mol. The molecule has 8 N–H and O–H groups in total. The zero-order valence-corrected chi connectivity index (χ0v) is 10.3. The van der Waals surface area contributed by atoms with E-state index in [2.05, 4.69) is 0 Å². The molecule has 16 heavy (non-hydrogen) atoms. The van der Waals surface area contributed by atoms with Crippen LogP contribution in [0.3, 0.4) is 0 Å². The van der Waals surface area contributed by atoms with Gasteiger partial charge in [0.1, 0.15) is 0 Å². The van der Waals surface area contributed by atoms with Crippen LogP contribution in [0.15, 0.2) is 0 Å². The lowest BCUT2D eigenvalue weighted by Gasteiger charge is -2.05. The van der Waals surface area contributed by atoms with Crippen molar-refractivity contribution in [2.75, 3.05) is 13.1 Å². The van der Waals surface area contributed by atoms with E-state index in [1.165, 1.54) is 0 Å². The van der Waals surface area contributed by atoms with Crippen molar-refractivity contribution in [2.24, 2.45) is 22.9 Å². The van der Waals surface area contributed by atoms with E-state index in [0.29, 0.717) is 38.8 Å². The van der Waals surface area contributed by atoms with E-state index in [4.69, 9.17) is 32.0 Å². The van der Waals surface area contributed by atoms with Gasteiger partial charge in [-0.25, -0.2) is 0 Å².